The molecule has 0 saturated carbocycles. The summed E-state index contributed by atoms with van der Waals surface area (Å²) in [5.74, 6) is 2.73. The summed E-state index contributed by atoms with van der Waals surface area (Å²) in [6, 6.07) is 1.56. The minimum absolute atomic E-state index is 0.720. The van der Waals surface area contributed by atoms with Gasteiger partial charge in [0.1, 0.15) is 0 Å². The second-order valence-corrected chi connectivity index (χ2v) is 4.94. The zero-order valence-electron chi connectivity index (χ0n) is 9.78. The zero-order valence-corrected chi connectivity index (χ0v) is 9.78. The van der Waals surface area contributed by atoms with E-state index in [0.717, 1.165) is 24.9 Å². The van der Waals surface area contributed by atoms with Gasteiger partial charge in [-0.2, -0.15) is 0 Å². The van der Waals surface area contributed by atoms with Gasteiger partial charge >= 0.3 is 0 Å². The highest BCUT2D eigenvalue weighted by molar-refractivity contribution is 4.91. The van der Waals surface area contributed by atoms with Crippen LogP contribution in [0.1, 0.15) is 32.6 Å². The molecule has 0 aromatic rings. The monoisotopic (exact) mass is 206 g/mol. The predicted molar refractivity (Wildman–Crippen MR) is 63.7 cm³/mol. The van der Waals surface area contributed by atoms with Crippen LogP contribution in [-0.2, 0) is 0 Å². The first-order chi connectivity index (χ1) is 7.31. The fraction of sp³-hybridized carbons (Fsp3) is 0.846. The molecule has 0 bridgehead atoms. The summed E-state index contributed by atoms with van der Waals surface area (Å²) in [5.41, 5.74) is 0. The number of hydrogen-bond donors (Lipinski definition) is 0. The Morgan fingerprint density at radius 3 is 3.07 bits per heavy atom. The van der Waals surface area contributed by atoms with Crippen molar-refractivity contribution in [1.29, 1.82) is 0 Å². The lowest BCUT2D eigenvalue weighted by molar-refractivity contribution is 0.0591. The van der Waals surface area contributed by atoms with Crippen LogP contribution in [0.5, 0.6) is 0 Å². The van der Waals surface area contributed by atoms with Crippen molar-refractivity contribution in [3.63, 3.8) is 0 Å². The van der Waals surface area contributed by atoms with Crippen molar-refractivity contribution in [1.82, 2.24) is 9.80 Å². The van der Waals surface area contributed by atoms with E-state index < -0.39 is 0 Å². The number of terminal acetylenes is 1. The van der Waals surface area contributed by atoms with Gasteiger partial charge in [-0.15, -0.1) is 12.3 Å². The molecule has 2 aliphatic heterocycles. The Hall–Kier alpha value is -0.520. The highest BCUT2D eigenvalue weighted by atomic mass is 15.3. The van der Waals surface area contributed by atoms with Crippen LogP contribution in [0.25, 0.3) is 0 Å². The molecule has 15 heavy (non-hydrogen) atoms. The van der Waals surface area contributed by atoms with Gasteiger partial charge in [0.15, 0.2) is 0 Å². The summed E-state index contributed by atoms with van der Waals surface area (Å²) >= 11 is 0. The van der Waals surface area contributed by atoms with Crippen molar-refractivity contribution < 1.29 is 0 Å². The van der Waals surface area contributed by atoms with Crippen molar-refractivity contribution in [2.24, 2.45) is 0 Å². The molecule has 2 fully saturated rings. The molecular weight excluding hydrogens is 184 g/mol. The van der Waals surface area contributed by atoms with E-state index in [-0.39, 0.29) is 0 Å². The molecule has 0 aromatic heterocycles. The highest BCUT2D eigenvalue weighted by Gasteiger charge is 2.33. The topological polar surface area (TPSA) is 6.48 Å². The molecule has 0 radical (unpaired) electrons. The average molecular weight is 206 g/mol. The Kier molecular flexibility index (Phi) is 3.66. The molecule has 2 atom stereocenters. The van der Waals surface area contributed by atoms with Gasteiger partial charge in [-0.1, -0.05) is 0 Å². The molecule has 0 spiro atoms. The normalized spacial score (nSPS) is 32.5. The van der Waals surface area contributed by atoms with E-state index >= 15 is 0 Å². The predicted octanol–water partition coefficient (Wildman–Crippen LogP) is 1.57. The summed E-state index contributed by atoms with van der Waals surface area (Å²) in [6.07, 6.45) is 10.2. The molecule has 84 valence electrons. The summed E-state index contributed by atoms with van der Waals surface area (Å²) < 4.78 is 0. The van der Waals surface area contributed by atoms with Gasteiger partial charge in [-0.25, -0.2) is 0 Å². The smallest absolute Gasteiger partial charge is 0.0224 e. The summed E-state index contributed by atoms with van der Waals surface area (Å²) in [6.45, 7) is 7.40. The molecule has 2 saturated heterocycles. The average Bonchev–Trinajstić information content (AvgIpc) is 2.65. The molecule has 2 rings (SSSR count). The third-order valence-corrected chi connectivity index (χ3v) is 3.83. The number of unbranched alkanes of at least 4 members (excludes halogenated alkanes) is 1. The first kappa shape index (κ1) is 11.0. The van der Waals surface area contributed by atoms with Crippen LogP contribution < -0.4 is 0 Å². The van der Waals surface area contributed by atoms with E-state index in [4.69, 9.17) is 6.42 Å². The summed E-state index contributed by atoms with van der Waals surface area (Å²) in [5, 5.41) is 0. The fourth-order valence-corrected chi connectivity index (χ4v) is 2.94. The summed E-state index contributed by atoms with van der Waals surface area (Å²) in [7, 11) is 0. The standard InChI is InChI=1S/C13H22N2/c1-3-4-5-8-14-11-13-7-6-9-15(13)10-12(14)2/h1,12-13H,4-11H2,2H3. The molecule has 0 amide bonds. The Morgan fingerprint density at radius 2 is 2.27 bits per heavy atom. The molecule has 0 aromatic carbocycles. The Balaban J connectivity index is 1.82. The highest BCUT2D eigenvalue weighted by Crippen LogP contribution is 2.24. The molecule has 2 nitrogen and oxygen atoms in total. The van der Waals surface area contributed by atoms with E-state index in [1.54, 1.807) is 0 Å². The van der Waals surface area contributed by atoms with Crippen LogP contribution >= 0.6 is 0 Å². The van der Waals surface area contributed by atoms with E-state index in [1.165, 1.54) is 39.0 Å². The second-order valence-electron chi connectivity index (χ2n) is 4.94. The molecule has 2 aliphatic rings. The number of piperazine rings is 1. The summed E-state index contributed by atoms with van der Waals surface area (Å²) in [4.78, 5) is 5.30. The third-order valence-electron chi connectivity index (χ3n) is 3.83. The lowest BCUT2D eigenvalue weighted by Gasteiger charge is -2.42. The SMILES string of the molecule is C#CCCCN1CC2CCCN2CC1C. The number of hydrogen-bond acceptors (Lipinski definition) is 2. The molecule has 0 aliphatic carbocycles. The Morgan fingerprint density at radius 1 is 1.40 bits per heavy atom. The first-order valence-corrected chi connectivity index (χ1v) is 6.23. The van der Waals surface area contributed by atoms with Crippen molar-refractivity contribution in [2.45, 2.75) is 44.7 Å². The fourth-order valence-electron chi connectivity index (χ4n) is 2.94. The van der Waals surface area contributed by atoms with Gasteiger partial charge < -0.3 is 0 Å². The first-order valence-electron chi connectivity index (χ1n) is 6.23. The maximum atomic E-state index is 5.29. The zero-order chi connectivity index (χ0) is 10.7. The van der Waals surface area contributed by atoms with Crippen molar-refractivity contribution in [2.75, 3.05) is 26.2 Å². The van der Waals surface area contributed by atoms with Crippen LogP contribution in [0.2, 0.25) is 0 Å². The van der Waals surface area contributed by atoms with Gasteiger partial charge in [-0.05, 0) is 39.3 Å². The van der Waals surface area contributed by atoms with Crippen LogP contribution in [0.3, 0.4) is 0 Å². The molecule has 2 unspecified atom stereocenters. The van der Waals surface area contributed by atoms with Gasteiger partial charge in [0.25, 0.3) is 0 Å². The molecule has 2 heteroatoms. The Bertz CT molecular complexity index is 243. The van der Waals surface area contributed by atoms with Gasteiger partial charge in [0.2, 0.25) is 0 Å². The van der Waals surface area contributed by atoms with Crippen LogP contribution in [0, 0.1) is 12.3 Å². The maximum Gasteiger partial charge on any atom is 0.0224 e. The minimum Gasteiger partial charge on any atom is -0.298 e. The van der Waals surface area contributed by atoms with Gasteiger partial charge in [-0.3, -0.25) is 9.80 Å². The van der Waals surface area contributed by atoms with Crippen molar-refractivity contribution in [3.8, 4) is 12.3 Å². The number of rotatable bonds is 3. The Labute approximate surface area is 93.6 Å². The van der Waals surface area contributed by atoms with Crippen LogP contribution in [0.15, 0.2) is 0 Å². The number of fused-ring (bicyclic) bond motifs is 1. The van der Waals surface area contributed by atoms with E-state index in [2.05, 4.69) is 22.6 Å². The third kappa shape index (κ3) is 2.53. The van der Waals surface area contributed by atoms with E-state index in [0.29, 0.717) is 0 Å². The van der Waals surface area contributed by atoms with Gasteiger partial charge in [0.05, 0.1) is 0 Å². The quantitative estimate of drug-likeness (QED) is 0.511. The largest absolute Gasteiger partial charge is 0.298 e. The lowest BCUT2D eigenvalue weighted by Crippen LogP contribution is -2.54. The lowest BCUT2D eigenvalue weighted by atomic mass is 10.1. The van der Waals surface area contributed by atoms with Crippen LogP contribution in [0.4, 0.5) is 0 Å². The van der Waals surface area contributed by atoms with Crippen molar-refractivity contribution >= 4 is 0 Å². The van der Waals surface area contributed by atoms with Crippen molar-refractivity contribution in [3.05, 3.63) is 0 Å². The van der Waals surface area contributed by atoms with Crippen LogP contribution in [-0.4, -0.2) is 48.1 Å². The molecule has 2 heterocycles. The molecular formula is C13H22N2. The maximum absolute atomic E-state index is 5.29. The minimum atomic E-state index is 0.720. The van der Waals surface area contributed by atoms with Gasteiger partial charge in [0, 0.05) is 31.6 Å². The second kappa shape index (κ2) is 5.01. The molecule has 0 N–H and O–H groups in total. The van der Waals surface area contributed by atoms with E-state index in [1.807, 2.05) is 0 Å². The van der Waals surface area contributed by atoms with E-state index in [9.17, 15) is 0 Å². The number of nitrogens with zero attached hydrogens (tertiary/aromatic N) is 2.